The number of benzene rings is 1. The topological polar surface area (TPSA) is 53.5 Å². The normalized spacial score (nSPS) is 25.1. The molecule has 1 unspecified atom stereocenters. The Kier molecular flexibility index (Phi) is 3.32. The minimum absolute atomic E-state index is 0.140. The van der Waals surface area contributed by atoms with Crippen molar-refractivity contribution in [2.24, 2.45) is 4.99 Å². The molecule has 0 bridgehead atoms. The highest BCUT2D eigenvalue weighted by atomic mass is 19.1. The van der Waals surface area contributed by atoms with Crippen molar-refractivity contribution in [2.45, 2.75) is 25.8 Å². The predicted molar refractivity (Wildman–Crippen MR) is 67.8 cm³/mol. The van der Waals surface area contributed by atoms with Crippen molar-refractivity contribution in [1.29, 1.82) is 0 Å². The summed E-state index contributed by atoms with van der Waals surface area (Å²) >= 11 is 0. The first-order chi connectivity index (χ1) is 8.53. The quantitative estimate of drug-likeness (QED) is 0.846. The van der Waals surface area contributed by atoms with Gasteiger partial charge >= 0.3 is 0 Å². The van der Waals surface area contributed by atoms with E-state index in [1.807, 2.05) is 6.92 Å². The fourth-order valence-electron chi connectivity index (χ4n) is 2.01. The second-order valence-corrected chi connectivity index (χ2v) is 4.54. The van der Waals surface area contributed by atoms with E-state index < -0.39 is 5.54 Å². The van der Waals surface area contributed by atoms with Gasteiger partial charge in [0.15, 0.2) is 5.96 Å². The predicted octanol–water partition coefficient (Wildman–Crippen LogP) is 1.22. The zero-order valence-corrected chi connectivity index (χ0v) is 10.5. The maximum atomic E-state index is 13.1. The van der Waals surface area contributed by atoms with E-state index in [0.29, 0.717) is 18.9 Å². The Morgan fingerprint density at radius 1 is 1.44 bits per heavy atom. The highest BCUT2D eigenvalue weighted by Crippen LogP contribution is 2.17. The lowest BCUT2D eigenvalue weighted by Crippen LogP contribution is -2.45. The summed E-state index contributed by atoms with van der Waals surface area (Å²) in [7, 11) is 0. The molecule has 0 aromatic heterocycles. The van der Waals surface area contributed by atoms with Gasteiger partial charge in [-0.2, -0.15) is 0 Å². The molecule has 2 N–H and O–H groups in total. The molecule has 1 aliphatic heterocycles. The lowest BCUT2D eigenvalue weighted by Gasteiger charge is -2.21. The van der Waals surface area contributed by atoms with Gasteiger partial charge in [-0.25, -0.2) is 4.39 Å². The Hall–Kier alpha value is -1.91. The Bertz CT molecular complexity index is 501. The van der Waals surface area contributed by atoms with Crippen molar-refractivity contribution in [3.63, 3.8) is 0 Å². The molecule has 2 rings (SSSR count). The molecule has 1 aromatic carbocycles. The van der Waals surface area contributed by atoms with Crippen LogP contribution in [0.2, 0.25) is 0 Å². The number of hydrogen-bond donors (Lipinski definition) is 2. The fourth-order valence-corrected chi connectivity index (χ4v) is 2.01. The van der Waals surface area contributed by atoms with Crippen molar-refractivity contribution in [1.82, 2.24) is 10.6 Å². The Labute approximate surface area is 105 Å². The molecular weight excluding hydrogens is 233 g/mol. The standard InChI is InChI=1S/C13H16FN3O/c1-3-15-12-16-11(18)13(2,17-12)8-9-5-4-6-10(14)7-9/h4-7H,3,8H2,1-2H3,(H2,15,16,17,18). The van der Waals surface area contributed by atoms with Crippen LogP contribution in [-0.2, 0) is 11.2 Å². The first kappa shape index (κ1) is 12.5. The first-order valence-electron chi connectivity index (χ1n) is 5.92. The molecule has 5 heteroatoms. The summed E-state index contributed by atoms with van der Waals surface area (Å²) < 4.78 is 13.1. The molecular formula is C13H16FN3O. The summed E-state index contributed by atoms with van der Waals surface area (Å²) in [5.41, 5.74) is -0.000163. The third kappa shape index (κ3) is 2.50. The Balaban J connectivity index is 2.18. The van der Waals surface area contributed by atoms with Gasteiger partial charge in [0.2, 0.25) is 0 Å². The molecule has 1 amide bonds. The molecule has 1 aliphatic rings. The van der Waals surface area contributed by atoms with E-state index in [1.54, 1.807) is 19.1 Å². The van der Waals surface area contributed by atoms with Crippen LogP contribution in [-0.4, -0.2) is 24.0 Å². The van der Waals surface area contributed by atoms with Crippen molar-refractivity contribution in [2.75, 3.05) is 6.54 Å². The van der Waals surface area contributed by atoms with Crippen LogP contribution >= 0.6 is 0 Å². The van der Waals surface area contributed by atoms with E-state index in [0.717, 1.165) is 5.56 Å². The summed E-state index contributed by atoms with van der Waals surface area (Å²) in [6.07, 6.45) is 0.416. The average molecular weight is 249 g/mol. The van der Waals surface area contributed by atoms with Crippen LogP contribution in [0.3, 0.4) is 0 Å². The van der Waals surface area contributed by atoms with E-state index in [4.69, 9.17) is 0 Å². The molecule has 18 heavy (non-hydrogen) atoms. The third-order valence-corrected chi connectivity index (χ3v) is 2.89. The van der Waals surface area contributed by atoms with Crippen LogP contribution in [0.4, 0.5) is 4.39 Å². The van der Waals surface area contributed by atoms with Gasteiger partial charge in [-0.3, -0.25) is 15.1 Å². The lowest BCUT2D eigenvalue weighted by molar-refractivity contribution is -0.123. The molecule has 4 nitrogen and oxygen atoms in total. The molecule has 1 aromatic rings. The minimum atomic E-state index is -0.776. The van der Waals surface area contributed by atoms with Crippen LogP contribution in [0.25, 0.3) is 0 Å². The van der Waals surface area contributed by atoms with Gasteiger partial charge in [-0.1, -0.05) is 12.1 Å². The SMILES string of the molecule is CCN=C1NC(=O)C(C)(Cc2cccc(F)c2)N1. The highest BCUT2D eigenvalue weighted by molar-refractivity contribution is 6.08. The van der Waals surface area contributed by atoms with Crippen molar-refractivity contribution in [3.05, 3.63) is 35.6 Å². The number of nitrogens with zero attached hydrogens (tertiary/aromatic N) is 1. The summed E-state index contributed by atoms with van der Waals surface area (Å²) in [6.45, 7) is 4.27. The number of carbonyl (C=O) groups excluding carboxylic acids is 1. The molecule has 0 radical (unpaired) electrons. The zero-order chi connectivity index (χ0) is 13.2. The number of amides is 1. The highest BCUT2D eigenvalue weighted by Gasteiger charge is 2.40. The maximum Gasteiger partial charge on any atom is 0.252 e. The van der Waals surface area contributed by atoms with Crippen LogP contribution in [0, 0.1) is 5.82 Å². The first-order valence-corrected chi connectivity index (χ1v) is 5.92. The van der Waals surface area contributed by atoms with Crippen LogP contribution in [0.5, 0.6) is 0 Å². The summed E-state index contributed by atoms with van der Waals surface area (Å²) in [4.78, 5) is 16.1. The summed E-state index contributed by atoms with van der Waals surface area (Å²) in [5.74, 6) is 0.0531. The van der Waals surface area contributed by atoms with Gasteiger partial charge in [-0.15, -0.1) is 0 Å². The van der Waals surface area contributed by atoms with Crippen LogP contribution in [0.15, 0.2) is 29.3 Å². The zero-order valence-electron chi connectivity index (χ0n) is 10.5. The number of aliphatic imine (C=N–C) groups is 1. The van der Waals surface area contributed by atoms with Crippen LogP contribution < -0.4 is 10.6 Å². The van der Waals surface area contributed by atoms with Gasteiger partial charge in [0.05, 0.1) is 0 Å². The number of nitrogens with one attached hydrogen (secondary N) is 2. The maximum absolute atomic E-state index is 13.1. The smallest absolute Gasteiger partial charge is 0.252 e. The largest absolute Gasteiger partial charge is 0.342 e. The van der Waals surface area contributed by atoms with E-state index >= 15 is 0 Å². The fraction of sp³-hybridized carbons (Fsp3) is 0.385. The summed E-state index contributed by atoms with van der Waals surface area (Å²) in [5, 5.41) is 5.74. The molecule has 1 heterocycles. The number of halogens is 1. The number of carbonyl (C=O) groups is 1. The molecule has 96 valence electrons. The van der Waals surface area contributed by atoms with Crippen molar-refractivity contribution < 1.29 is 9.18 Å². The average Bonchev–Trinajstić information content (AvgIpc) is 2.54. The van der Waals surface area contributed by atoms with Gasteiger partial charge in [0, 0.05) is 13.0 Å². The molecule has 1 atom stereocenters. The second-order valence-electron chi connectivity index (χ2n) is 4.54. The second kappa shape index (κ2) is 4.76. The van der Waals surface area contributed by atoms with Crippen molar-refractivity contribution >= 4 is 11.9 Å². The molecule has 0 saturated carbocycles. The van der Waals surface area contributed by atoms with Crippen LogP contribution in [0.1, 0.15) is 19.4 Å². The number of rotatable bonds is 3. The van der Waals surface area contributed by atoms with E-state index in [9.17, 15) is 9.18 Å². The van der Waals surface area contributed by atoms with E-state index in [-0.39, 0.29) is 11.7 Å². The van der Waals surface area contributed by atoms with Gasteiger partial charge in [0.25, 0.3) is 5.91 Å². The Morgan fingerprint density at radius 2 is 2.22 bits per heavy atom. The molecule has 1 fully saturated rings. The number of guanidine groups is 1. The molecule has 0 spiro atoms. The number of hydrogen-bond acceptors (Lipinski definition) is 2. The van der Waals surface area contributed by atoms with E-state index in [2.05, 4.69) is 15.6 Å². The van der Waals surface area contributed by atoms with Gasteiger partial charge in [0.1, 0.15) is 11.4 Å². The lowest BCUT2D eigenvalue weighted by atomic mass is 9.93. The van der Waals surface area contributed by atoms with Gasteiger partial charge in [-0.05, 0) is 31.5 Å². The third-order valence-electron chi connectivity index (χ3n) is 2.89. The minimum Gasteiger partial charge on any atom is -0.342 e. The van der Waals surface area contributed by atoms with E-state index in [1.165, 1.54) is 12.1 Å². The monoisotopic (exact) mass is 249 g/mol. The molecule has 1 saturated heterocycles. The Morgan fingerprint density at radius 3 is 2.89 bits per heavy atom. The summed E-state index contributed by atoms with van der Waals surface area (Å²) in [6, 6.07) is 6.27. The van der Waals surface area contributed by atoms with Crippen molar-refractivity contribution in [3.8, 4) is 0 Å². The van der Waals surface area contributed by atoms with Gasteiger partial charge < -0.3 is 5.32 Å². The molecule has 0 aliphatic carbocycles.